The number of nitrogens with two attached hydrogens (primary N) is 1. The molecule has 0 heterocycles. The SMILES string of the molecule is Cc1cc(C)c(C(NN)c2c(F)cc(Br)cc2F)c(F)c1. The van der Waals surface area contributed by atoms with Gasteiger partial charge < -0.3 is 0 Å². The molecule has 0 aliphatic heterocycles. The molecule has 2 aromatic rings. The minimum absolute atomic E-state index is 0.128. The lowest BCUT2D eigenvalue weighted by Gasteiger charge is -2.21. The number of hydrogen-bond donors (Lipinski definition) is 2. The first-order valence-electron chi connectivity index (χ1n) is 6.22. The summed E-state index contributed by atoms with van der Waals surface area (Å²) in [4.78, 5) is 0. The first kappa shape index (κ1) is 16.0. The molecule has 0 amide bonds. The van der Waals surface area contributed by atoms with Gasteiger partial charge in [-0.2, -0.15) is 0 Å². The van der Waals surface area contributed by atoms with E-state index in [4.69, 9.17) is 5.84 Å². The van der Waals surface area contributed by atoms with E-state index in [-0.39, 0.29) is 15.6 Å². The van der Waals surface area contributed by atoms with Gasteiger partial charge in [0.15, 0.2) is 0 Å². The van der Waals surface area contributed by atoms with Gasteiger partial charge >= 0.3 is 0 Å². The van der Waals surface area contributed by atoms with E-state index in [9.17, 15) is 13.2 Å². The Kier molecular flexibility index (Phi) is 4.70. The van der Waals surface area contributed by atoms with Crippen LogP contribution >= 0.6 is 15.9 Å². The molecule has 0 saturated heterocycles. The lowest BCUT2D eigenvalue weighted by atomic mass is 9.93. The molecule has 0 aliphatic carbocycles. The van der Waals surface area contributed by atoms with Crippen LogP contribution in [0.25, 0.3) is 0 Å². The van der Waals surface area contributed by atoms with Crippen LogP contribution in [0.15, 0.2) is 28.7 Å². The molecule has 112 valence electrons. The van der Waals surface area contributed by atoms with Crippen molar-refractivity contribution in [2.24, 2.45) is 5.84 Å². The van der Waals surface area contributed by atoms with Gasteiger partial charge in [-0.25, -0.2) is 18.6 Å². The third-order valence-electron chi connectivity index (χ3n) is 3.27. The van der Waals surface area contributed by atoms with E-state index in [1.807, 2.05) is 0 Å². The Morgan fingerprint density at radius 1 is 0.952 bits per heavy atom. The molecule has 0 bridgehead atoms. The molecule has 1 atom stereocenters. The van der Waals surface area contributed by atoms with Crippen molar-refractivity contribution in [2.75, 3.05) is 0 Å². The lowest BCUT2D eigenvalue weighted by Crippen LogP contribution is -2.31. The van der Waals surface area contributed by atoms with Gasteiger partial charge in [0, 0.05) is 15.6 Å². The predicted octanol–water partition coefficient (Wildman–Crippen LogP) is 4.04. The molecule has 0 aliphatic rings. The van der Waals surface area contributed by atoms with Crippen molar-refractivity contribution in [3.05, 3.63) is 68.4 Å². The summed E-state index contributed by atoms with van der Waals surface area (Å²) in [7, 11) is 0. The van der Waals surface area contributed by atoms with Crippen molar-refractivity contribution in [3.63, 3.8) is 0 Å². The van der Waals surface area contributed by atoms with Gasteiger partial charge in [-0.15, -0.1) is 0 Å². The maximum atomic E-state index is 14.2. The van der Waals surface area contributed by atoms with E-state index in [2.05, 4.69) is 21.4 Å². The molecular formula is C15H14BrF3N2. The van der Waals surface area contributed by atoms with E-state index >= 15 is 0 Å². The Bertz CT molecular complexity index is 585. The zero-order chi connectivity index (χ0) is 15.7. The van der Waals surface area contributed by atoms with E-state index in [1.54, 1.807) is 19.9 Å². The Balaban J connectivity index is 2.66. The number of benzene rings is 2. The summed E-state index contributed by atoms with van der Waals surface area (Å²) in [6.45, 7) is 3.41. The molecule has 1 unspecified atom stereocenters. The van der Waals surface area contributed by atoms with Crippen LogP contribution in [-0.4, -0.2) is 0 Å². The standard InChI is InChI=1S/C15H14BrF3N2/c1-7-3-8(2)13(10(17)4-7)15(21-20)14-11(18)5-9(16)6-12(14)19/h3-6,15,21H,20H2,1-2H3. The summed E-state index contributed by atoms with van der Waals surface area (Å²) in [6, 6.07) is 4.16. The predicted molar refractivity (Wildman–Crippen MR) is 79.1 cm³/mol. The summed E-state index contributed by atoms with van der Waals surface area (Å²) < 4.78 is 42.7. The zero-order valence-corrected chi connectivity index (χ0v) is 13.1. The largest absolute Gasteiger partial charge is 0.271 e. The molecule has 0 aromatic heterocycles. The number of nitrogens with one attached hydrogen (secondary N) is 1. The monoisotopic (exact) mass is 358 g/mol. The molecule has 3 N–H and O–H groups in total. The highest BCUT2D eigenvalue weighted by atomic mass is 79.9. The van der Waals surface area contributed by atoms with Crippen LogP contribution in [0.2, 0.25) is 0 Å². The van der Waals surface area contributed by atoms with E-state index < -0.39 is 23.5 Å². The number of halogens is 4. The summed E-state index contributed by atoms with van der Waals surface area (Å²) >= 11 is 3.01. The molecule has 0 fully saturated rings. The minimum Gasteiger partial charge on any atom is -0.271 e. The normalized spacial score (nSPS) is 12.5. The van der Waals surface area contributed by atoms with Gasteiger partial charge in [-0.1, -0.05) is 22.0 Å². The Morgan fingerprint density at radius 3 is 1.95 bits per heavy atom. The van der Waals surface area contributed by atoms with Crippen molar-refractivity contribution in [1.29, 1.82) is 0 Å². The summed E-state index contributed by atoms with van der Waals surface area (Å²) in [5.41, 5.74) is 3.41. The fraction of sp³-hybridized carbons (Fsp3) is 0.200. The summed E-state index contributed by atoms with van der Waals surface area (Å²) in [6.07, 6.45) is 0. The Hall–Kier alpha value is -1.37. The quantitative estimate of drug-likeness (QED) is 0.641. The van der Waals surface area contributed by atoms with Crippen LogP contribution in [0.3, 0.4) is 0 Å². The highest BCUT2D eigenvalue weighted by molar-refractivity contribution is 9.10. The lowest BCUT2D eigenvalue weighted by molar-refractivity contribution is 0.493. The van der Waals surface area contributed by atoms with E-state index in [1.165, 1.54) is 6.07 Å². The Morgan fingerprint density at radius 2 is 1.48 bits per heavy atom. The minimum atomic E-state index is -1.11. The van der Waals surface area contributed by atoms with Gasteiger partial charge in [-0.05, 0) is 43.2 Å². The molecule has 2 aromatic carbocycles. The molecular weight excluding hydrogens is 345 g/mol. The third-order valence-corrected chi connectivity index (χ3v) is 3.73. The van der Waals surface area contributed by atoms with Crippen LogP contribution in [0, 0.1) is 31.3 Å². The molecule has 2 nitrogen and oxygen atoms in total. The van der Waals surface area contributed by atoms with Gasteiger partial charge in [0.1, 0.15) is 17.5 Å². The van der Waals surface area contributed by atoms with Crippen LogP contribution < -0.4 is 11.3 Å². The van der Waals surface area contributed by atoms with Crippen LogP contribution in [-0.2, 0) is 0 Å². The average Bonchev–Trinajstić information content (AvgIpc) is 2.34. The fourth-order valence-electron chi connectivity index (χ4n) is 2.43. The summed E-state index contributed by atoms with van der Waals surface area (Å²) in [5, 5.41) is 0. The average molecular weight is 359 g/mol. The number of rotatable bonds is 3. The first-order chi connectivity index (χ1) is 9.85. The topological polar surface area (TPSA) is 38.0 Å². The zero-order valence-electron chi connectivity index (χ0n) is 11.5. The second kappa shape index (κ2) is 6.17. The summed E-state index contributed by atoms with van der Waals surface area (Å²) in [5.74, 6) is 3.27. The van der Waals surface area contributed by atoms with E-state index in [0.29, 0.717) is 5.56 Å². The van der Waals surface area contributed by atoms with Crippen LogP contribution in [0.1, 0.15) is 28.3 Å². The molecule has 0 radical (unpaired) electrons. The van der Waals surface area contributed by atoms with Crippen molar-refractivity contribution in [2.45, 2.75) is 19.9 Å². The molecule has 0 saturated carbocycles. The highest BCUT2D eigenvalue weighted by Crippen LogP contribution is 2.32. The van der Waals surface area contributed by atoms with Crippen molar-refractivity contribution in [1.82, 2.24) is 5.43 Å². The van der Waals surface area contributed by atoms with Gasteiger partial charge in [0.2, 0.25) is 0 Å². The van der Waals surface area contributed by atoms with Crippen molar-refractivity contribution >= 4 is 15.9 Å². The van der Waals surface area contributed by atoms with Crippen molar-refractivity contribution < 1.29 is 13.2 Å². The van der Waals surface area contributed by atoms with Gasteiger partial charge in [0.25, 0.3) is 0 Å². The maximum absolute atomic E-state index is 14.2. The van der Waals surface area contributed by atoms with Crippen LogP contribution in [0.4, 0.5) is 13.2 Å². The second-order valence-electron chi connectivity index (χ2n) is 4.86. The number of hydrazine groups is 1. The second-order valence-corrected chi connectivity index (χ2v) is 5.78. The molecule has 0 spiro atoms. The molecule has 21 heavy (non-hydrogen) atoms. The van der Waals surface area contributed by atoms with E-state index in [0.717, 1.165) is 17.7 Å². The molecule has 2 rings (SSSR count). The van der Waals surface area contributed by atoms with Gasteiger partial charge in [-0.3, -0.25) is 5.84 Å². The highest BCUT2D eigenvalue weighted by Gasteiger charge is 2.25. The Labute approximate surface area is 129 Å². The number of hydrogen-bond acceptors (Lipinski definition) is 2. The number of aryl methyl sites for hydroxylation is 2. The van der Waals surface area contributed by atoms with Gasteiger partial charge in [0.05, 0.1) is 6.04 Å². The fourth-order valence-corrected chi connectivity index (χ4v) is 2.83. The smallest absolute Gasteiger partial charge is 0.132 e. The first-order valence-corrected chi connectivity index (χ1v) is 7.01. The van der Waals surface area contributed by atoms with Crippen LogP contribution in [0.5, 0.6) is 0 Å². The molecule has 6 heteroatoms. The van der Waals surface area contributed by atoms with Crippen molar-refractivity contribution in [3.8, 4) is 0 Å². The maximum Gasteiger partial charge on any atom is 0.132 e. The third kappa shape index (κ3) is 3.12.